The van der Waals surface area contributed by atoms with Crippen LogP contribution in [0.3, 0.4) is 0 Å². The molecule has 0 aliphatic carbocycles. The molecule has 21 heavy (non-hydrogen) atoms. The molecular weight excluding hydrogens is 264 g/mol. The number of carbonyl (C=O) groups is 1. The summed E-state index contributed by atoms with van der Waals surface area (Å²) in [5.74, 6) is 1.40. The van der Waals surface area contributed by atoms with Gasteiger partial charge in [-0.3, -0.25) is 4.79 Å². The second kappa shape index (κ2) is 10.0. The highest BCUT2D eigenvalue weighted by atomic mass is 16.5. The number of hydrogen-bond donors (Lipinski definition) is 0. The lowest BCUT2D eigenvalue weighted by atomic mass is 10.1. The van der Waals surface area contributed by atoms with Crippen LogP contribution in [0.25, 0.3) is 0 Å². The van der Waals surface area contributed by atoms with E-state index < -0.39 is 0 Å². The molecule has 1 rings (SSSR count). The fourth-order valence-corrected chi connectivity index (χ4v) is 2.19. The second-order valence-corrected chi connectivity index (χ2v) is 4.96. The topological polar surface area (TPSA) is 35.5 Å². The van der Waals surface area contributed by atoms with Crippen molar-refractivity contribution in [3.63, 3.8) is 0 Å². The molecule has 0 aliphatic heterocycles. The van der Waals surface area contributed by atoms with Crippen LogP contribution in [0.5, 0.6) is 11.5 Å². The Balaban J connectivity index is 2.89. The van der Waals surface area contributed by atoms with E-state index in [1.165, 1.54) is 19.3 Å². The Morgan fingerprint density at radius 2 is 1.95 bits per heavy atom. The van der Waals surface area contributed by atoms with Gasteiger partial charge in [0.2, 0.25) is 0 Å². The summed E-state index contributed by atoms with van der Waals surface area (Å²) < 4.78 is 11.6. The number of carbonyl (C=O) groups excluding carboxylic acids is 1. The van der Waals surface area contributed by atoms with Crippen LogP contribution in [0.4, 0.5) is 0 Å². The van der Waals surface area contributed by atoms with Crippen LogP contribution in [-0.2, 0) is 6.42 Å². The third-order valence-electron chi connectivity index (χ3n) is 3.20. The third kappa shape index (κ3) is 5.62. The zero-order chi connectivity index (χ0) is 15.5. The number of rotatable bonds is 11. The number of ether oxygens (including phenoxy) is 2. The average Bonchev–Trinajstić information content (AvgIpc) is 2.49. The van der Waals surface area contributed by atoms with Crippen LogP contribution >= 0.6 is 0 Å². The predicted octanol–water partition coefficient (Wildman–Crippen LogP) is 4.59. The molecule has 0 fully saturated rings. The van der Waals surface area contributed by atoms with Crippen molar-refractivity contribution in [3.05, 3.63) is 35.9 Å². The molecular formula is C18H26O3. The number of allylic oxidation sites excluding steroid dienone is 1. The van der Waals surface area contributed by atoms with Gasteiger partial charge in [-0.05, 0) is 31.9 Å². The molecule has 3 heteroatoms. The van der Waals surface area contributed by atoms with Gasteiger partial charge < -0.3 is 9.47 Å². The molecule has 0 unspecified atom stereocenters. The summed E-state index contributed by atoms with van der Waals surface area (Å²) in [6, 6.07) is 3.59. The summed E-state index contributed by atoms with van der Waals surface area (Å²) in [5.41, 5.74) is 1.56. The minimum atomic E-state index is 0.544. The van der Waals surface area contributed by atoms with E-state index in [1.54, 1.807) is 6.07 Å². The Morgan fingerprint density at radius 1 is 1.14 bits per heavy atom. The minimum absolute atomic E-state index is 0.544. The van der Waals surface area contributed by atoms with Crippen molar-refractivity contribution >= 4 is 6.29 Å². The van der Waals surface area contributed by atoms with Crippen LogP contribution < -0.4 is 9.47 Å². The number of hydrogen-bond acceptors (Lipinski definition) is 3. The van der Waals surface area contributed by atoms with E-state index in [-0.39, 0.29) is 0 Å². The smallest absolute Gasteiger partial charge is 0.164 e. The second-order valence-electron chi connectivity index (χ2n) is 4.96. The maximum absolute atomic E-state index is 11.0. The molecule has 0 amide bonds. The quantitative estimate of drug-likeness (QED) is 0.340. The van der Waals surface area contributed by atoms with Gasteiger partial charge in [0, 0.05) is 11.1 Å². The van der Waals surface area contributed by atoms with Gasteiger partial charge in [0.1, 0.15) is 6.29 Å². The first kappa shape index (κ1) is 17.3. The zero-order valence-corrected chi connectivity index (χ0v) is 13.2. The molecule has 0 saturated heterocycles. The van der Waals surface area contributed by atoms with Crippen molar-refractivity contribution < 1.29 is 14.3 Å². The fourth-order valence-electron chi connectivity index (χ4n) is 2.19. The molecule has 0 atom stereocenters. The molecule has 0 aromatic heterocycles. The monoisotopic (exact) mass is 290 g/mol. The fraction of sp³-hybridized carbons (Fsp3) is 0.500. The summed E-state index contributed by atoms with van der Waals surface area (Å²) in [4.78, 5) is 11.0. The van der Waals surface area contributed by atoms with Crippen molar-refractivity contribution in [1.82, 2.24) is 0 Å². The van der Waals surface area contributed by atoms with Gasteiger partial charge in [-0.15, -0.1) is 6.58 Å². The minimum Gasteiger partial charge on any atom is -0.490 e. The maximum atomic E-state index is 11.0. The van der Waals surface area contributed by atoms with Gasteiger partial charge in [0.05, 0.1) is 13.2 Å². The van der Waals surface area contributed by atoms with Crippen molar-refractivity contribution in [2.75, 3.05) is 13.2 Å². The lowest BCUT2D eigenvalue weighted by molar-refractivity contribution is 0.112. The SMILES string of the molecule is C=CCc1cc(C=O)cc(OCC)c1OCCCCCC. The Labute approximate surface area is 128 Å². The summed E-state index contributed by atoms with van der Waals surface area (Å²) in [7, 11) is 0. The molecule has 0 heterocycles. The highest BCUT2D eigenvalue weighted by molar-refractivity contribution is 5.77. The number of benzene rings is 1. The van der Waals surface area contributed by atoms with Gasteiger partial charge in [0.15, 0.2) is 11.5 Å². The lowest BCUT2D eigenvalue weighted by Gasteiger charge is -2.16. The lowest BCUT2D eigenvalue weighted by Crippen LogP contribution is -2.05. The molecule has 116 valence electrons. The van der Waals surface area contributed by atoms with Gasteiger partial charge in [-0.2, -0.15) is 0 Å². The molecule has 3 nitrogen and oxygen atoms in total. The highest BCUT2D eigenvalue weighted by Crippen LogP contribution is 2.33. The molecule has 0 bridgehead atoms. The first-order valence-corrected chi connectivity index (χ1v) is 7.75. The first-order chi connectivity index (χ1) is 10.3. The number of unbranched alkanes of at least 4 members (excludes halogenated alkanes) is 3. The maximum Gasteiger partial charge on any atom is 0.164 e. The molecule has 0 aliphatic rings. The van der Waals surface area contributed by atoms with E-state index in [2.05, 4.69) is 13.5 Å². The highest BCUT2D eigenvalue weighted by Gasteiger charge is 2.13. The Kier molecular flexibility index (Phi) is 8.25. The molecule has 1 aromatic carbocycles. The Morgan fingerprint density at radius 3 is 2.57 bits per heavy atom. The Hall–Kier alpha value is -1.77. The summed E-state index contributed by atoms with van der Waals surface area (Å²) in [6.45, 7) is 9.09. The van der Waals surface area contributed by atoms with E-state index in [1.807, 2.05) is 19.1 Å². The molecule has 0 saturated carbocycles. The summed E-state index contributed by atoms with van der Waals surface area (Å²) in [6.07, 6.45) is 7.94. The zero-order valence-electron chi connectivity index (χ0n) is 13.2. The van der Waals surface area contributed by atoms with E-state index in [0.717, 1.165) is 24.0 Å². The van der Waals surface area contributed by atoms with E-state index in [4.69, 9.17) is 9.47 Å². The molecule has 1 aromatic rings. The molecule has 0 spiro atoms. The third-order valence-corrected chi connectivity index (χ3v) is 3.20. The summed E-state index contributed by atoms with van der Waals surface area (Å²) >= 11 is 0. The van der Waals surface area contributed by atoms with Crippen molar-refractivity contribution in [2.45, 2.75) is 46.0 Å². The predicted molar refractivity (Wildman–Crippen MR) is 86.5 cm³/mol. The van der Waals surface area contributed by atoms with E-state index in [0.29, 0.717) is 30.9 Å². The van der Waals surface area contributed by atoms with Gasteiger partial charge in [0.25, 0.3) is 0 Å². The van der Waals surface area contributed by atoms with Crippen molar-refractivity contribution in [1.29, 1.82) is 0 Å². The van der Waals surface area contributed by atoms with Crippen LogP contribution in [0, 0.1) is 0 Å². The average molecular weight is 290 g/mol. The normalized spacial score (nSPS) is 10.2. The number of aldehydes is 1. The van der Waals surface area contributed by atoms with E-state index in [9.17, 15) is 4.79 Å². The largest absolute Gasteiger partial charge is 0.490 e. The first-order valence-electron chi connectivity index (χ1n) is 7.75. The Bertz CT molecular complexity index is 452. The van der Waals surface area contributed by atoms with Gasteiger partial charge in [-0.25, -0.2) is 0 Å². The summed E-state index contributed by atoms with van der Waals surface area (Å²) in [5, 5.41) is 0. The van der Waals surface area contributed by atoms with Crippen LogP contribution in [-0.4, -0.2) is 19.5 Å². The van der Waals surface area contributed by atoms with Crippen molar-refractivity contribution in [2.24, 2.45) is 0 Å². The molecule has 0 N–H and O–H groups in total. The van der Waals surface area contributed by atoms with Crippen LogP contribution in [0.15, 0.2) is 24.8 Å². The molecule has 0 radical (unpaired) electrons. The van der Waals surface area contributed by atoms with Gasteiger partial charge >= 0.3 is 0 Å². The van der Waals surface area contributed by atoms with Crippen molar-refractivity contribution in [3.8, 4) is 11.5 Å². The van der Waals surface area contributed by atoms with Gasteiger partial charge in [-0.1, -0.05) is 32.3 Å². The van der Waals surface area contributed by atoms with Crippen LogP contribution in [0.2, 0.25) is 0 Å². The standard InChI is InChI=1S/C18H26O3/c1-4-7-8-9-11-21-18-16(10-5-2)12-15(14-19)13-17(18)20-6-3/h5,12-14H,2,4,6-11H2,1,3H3. The van der Waals surface area contributed by atoms with Crippen LogP contribution in [0.1, 0.15) is 55.5 Å². The van der Waals surface area contributed by atoms with E-state index >= 15 is 0 Å².